The molecule has 3 nitrogen and oxygen atoms in total. The van der Waals surface area contributed by atoms with E-state index in [1.165, 1.54) is 0 Å². The highest BCUT2D eigenvalue weighted by Crippen LogP contribution is 2.41. The average Bonchev–Trinajstić information content (AvgIpc) is 2.36. The summed E-state index contributed by atoms with van der Waals surface area (Å²) in [7, 11) is 3.28. The zero-order chi connectivity index (χ0) is 13.7. The lowest BCUT2D eigenvalue weighted by Crippen LogP contribution is -2.05. The standard InChI is InChI=1S/C14H22ClNO2/c1-9(2)11-8-12(17-3)14(18-4)10(13(11)15)6-5-7-16/h8-9H,5-7,16H2,1-4H3. The zero-order valence-corrected chi connectivity index (χ0v) is 12.3. The number of halogens is 1. The molecule has 1 rings (SSSR count). The van der Waals surface area contributed by atoms with E-state index in [0.29, 0.717) is 12.5 Å². The second-order valence-electron chi connectivity index (χ2n) is 4.54. The first-order valence-electron chi connectivity index (χ1n) is 6.20. The van der Waals surface area contributed by atoms with Crippen LogP contribution in [0.3, 0.4) is 0 Å². The average molecular weight is 272 g/mol. The fourth-order valence-electron chi connectivity index (χ4n) is 1.99. The number of hydrogen-bond donors (Lipinski definition) is 1. The second kappa shape index (κ2) is 6.86. The van der Waals surface area contributed by atoms with Crippen molar-refractivity contribution in [1.29, 1.82) is 0 Å². The lowest BCUT2D eigenvalue weighted by molar-refractivity contribution is 0.351. The van der Waals surface area contributed by atoms with Gasteiger partial charge in [0.2, 0.25) is 0 Å². The van der Waals surface area contributed by atoms with Crippen LogP contribution in [0.4, 0.5) is 0 Å². The minimum atomic E-state index is 0.342. The molecule has 0 aromatic heterocycles. The molecule has 0 amide bonds. The Balaban J connectivity index is 3.36. The van der Waals surface area contributed by atoms with Crippen molar-refractivity contribution in [2.75, 3.05) is 20.8 Å². The third kappa shape index (κ3) is 3.09. The fourth-order valence-corrected chi connectivity index (χ4v) is 2.44. The summed E-state index contributed by atoms with van der Waals surface area (Å²) in [6.45, 7) is 4.85. The smallest absolute Gasteiger partial charge is 0.165 e. The number of ether oxygens (including phenoxy) is 2. The van der Waals surface area contributed by atoms with Crippen molar-refractivity contribution in [3.8, 4) is 11.5 Å². The highest BCUT2D eigenvalue weighted by atomic mass is 35.5. The van der Waals surface area contributed by atoms with Gasteiger partial charge in [0.05, 0.1) is 19.2 Å². The molecule has 0 spiro atoms. The molecule has 0 fully saturated rings. The highest BCUT2D eigenvalue weighted by Gasteiger charge is 2.19. The summed E-state index contributed by atoms with van der Waals surface area (Å²) in [5.41, 5.74) is 7.65. The number of rotatable bonds is 6. The maximum absolute atomic E-state index is 6.48. The van der Waals surface area contributed by atoms with Gasteiger partial charge in [0.25, 0.3) is 0 Å². The van der Waals surface area contributed by atoms with Crippen LogP contribution in [0, 0.1) is 0 Å². The van der Waals surface area contributed by atoms with E-state index < -0.39 is 0 Å². The molecule has 18 heavy (non-hydrogen) atoms. The van der Waals surface area contributed by atoms with Gasteiger partial charge >= 0.3 is 0 Å². The van der Waals surface area contributed by atoms with E-state index in [-0.39, 0.29) is 0 Å². The third-order valence-corrected chi connectivity index (χ3v) is 3.43. The van der Waals surface area contributed by atoms with Gasteiger partial charge in [-0.15, -0.1) is 0 Å². The molecule has 1 aromatic carbocycles. The largest absolute Gasteiger partial charge is 0.493 e. The fraction of sp³-hybridized carbons (Fsp3) is 0.571. The molecule has 0 saturated carbocycles. The van der Waals surface area contributed by atoms with E-state index in [0.717, 1.165) is 40.5 Å². The first-order chi connectivity index (χ1) is 8.56. The van der Waals surface area contributed by atoms with Gasteiger partial charge in [0.1, 0.15) is 0 Å². The van der Waals surface area contributed by atoms with Gasteiger partial charge in [-0.05, 0) is 36.9 Å². The molecule has 4 heteroatoms. The Kier molecular flexibility index (Phi) is 5.76. The van der Waals surface area contributed by atoms with Gasteiger partial charge in [-0.2, -0.15) is 0 Å². The number of benzene rings is 1. The SMILES string of the molecule is COc1cc(C(C)C)c(Cl)c(CCCN)c1OC. The van der Waals surface area contributed by atoms with Crippen LogP contribution in [0.5, 0.6) is 11.5 Å². The van der Waals surface area contributed by atoms with E-state index in [2.05, 4.69) is 13.8 Å². The Labute approximate surface area is 114 Å². The molecule has 0 bridgehead atoms. The zero-order valence-electron chi connectivity index (χ0n) is 11.5. The van der Waals surface area contributed by atoms with Crippen molar-refractivity contribution in [2.45, 2.75) is 32.6 Å². The minimum absolute atomic E-state index is 0.342. The van der Waals surface area contributed by atoms with Crippen LogP contribution >= 0.6 is 11.6 Å². The van der Waals surface area contributed by atoms with Crippen LogP contribution in [-0.4, -0.2) is 20.8 Å². The molecule has 0 unspecified atom stereocenters. The van der Waals surface area contributed by atoms with Crippen LogP contribution in [0.15, 0.2) is 6.07 Å². The van der Waals surface area contributed by atoms with Crippen LogP contribution < -0.4 is 15.2 Å². The van der Waals surface area contributed by atoms with Gasteiger partial charge < -0.3 is 15.2 Å². The molecule has 2 N–H and O–H groups in total. The summed E-state index contributed by atoms with van der Waals surface area (Å²) in [5.74, 6) is 1.80. The monoisotopic (exact) mass is 271 g/mol. The molecule has 0 atom stereocenters. The van der Waals surface area contributed by atoms with Crippen molar-refractivity contribution in [3.63, 3.8) is 0 Å². The van der Waals surface area contributed by atoms with Crippen molar-refractivity contribution in [1.82, 2.24) is 0 Å². The van der Waals surface area contributed by atoms with Crippen LogP contribution in [0.2, 0.25) is 5.02 Å². The number of hydrogen-bond acceptors (Lipinski definition) is 3. The Morgan fingerprint density at radius 3 is 2.39 bits per heavy atom. The molecule has 0 radical (unpaired) electrons. The van der Waals surface area contributed by atoms with Gasteiger partial charge in [0.15, 0.2) is 11.5 Å². The summed E-state index contributed by atoms with van der Waals surface area (Å²) in [6, 6.07) is 1.96. The molecule has 0 heterocycles. The maximum Gasteiger partial charge on any atom is 0.165 e. The lowest BCUT2D eigenvalue weighted by Gasteiger charge is -2.19. The Morgan fingerprint density at radius 2 is 1.94 bits per heavy atom. The molecular formula is C14H22ClNO2. The molecule has 1 aromatic rings. The van der Waals surface area contributed by atoms with Gasteiger partial charge in [0, 0.05) is 5.56 Å². The predicted molar refractivity (Wildman–Crippen MR) is 76.0 cm³/mol. The molecule has 0 aliphatic heterocycles. The van der Waals surface area contributed by atoms with E-state index in [1.54, 1.807) is 14.2 Å². The van der Waals surface area contributed by atoms with E-state index in [9.17, 15) is 0 Å². The second-order valence-corrected chi connectivity index (χ2v) is 4.92. The van der Waals surface area contributed by atoms with Crippen LogP contribution in [-0.2, 0) is 6.42 Å². The topological polar surface area (TPSA) is 44.5 Å². The Hall–Kier alpha value is -0.930. The van der Waals surface area contributed by atoms with Crippen molar-refractivity contribution < 1.29 is 9.47 Å². The first-order valence-corrected chi connectivity index (χ1v) is 6.57. The highest BCUT2D eigenvalue weighted by molar-refractivity contribution is 6.32. The molecule has 0 saturated heterocycles. The predicted octanol–water partition coefficient (Wildman–Crippen LogP) is 3.37. The first kappa shape index (κ1) is 15.1. The molecule has 102 valence electrons. The van der Waals surface area contributed by atoms with Crippen LogP contribution in [0.1, 0.15) is 37.3 Å². The number of nitrogens with two attached hydrogens (primary N) is 1. The van der Waals surface area contributed by atoms with Gasteiger partial charge in [-0.3, -0.25) is 0 Å². The number of methoxy groups -OCH3 is 2. The van der Waals surface area contributed by atoms with Gasteiger partial charge in [-0.25, -0.2) is 0 Å². The quantitative estimate of drug-likeness (QED) is 0.863. The normalized spacial score (nSPS) is 10.8. The summed E-state index contributed by atoms with van der Waals surface area (Å²) < 4.78 is 10.8. The summed E-state index contributed by atoms with van der Waals surface area (Å²) in [4.78, 5) is 0. The van der Waals surface area contributed by atoms with Crippen LogP contribution in [0.25, 0.3) is 0 Å². The molecule has 0 aliphatic carbocycles. The van der Waals surface area contributed by atoms with E-state index in [1.807, 2.05) is 6.07 Å². The maximum atomic E-state index is 6.48. The van der Waals surface area contributed by atoms with E-state index in [4.69, 9.17) is 26.8 Å². The third-order valence-electron chi connectivity index (χ3n) is 2.98. The molecule has 0 aliphatic rings. The summed E-state index contributed by atoms with van der Waals surface area (Å²) >= 11 is 6.48. The Bertz CT molecular complexity index is 405. The van der Waals surface area contributed by atoms with E-state index >= 15 is 0 Å². The Morgan fingerprint density at radius 1 is 1.28 bits per heavy atom. The van der Waals surface area contributed by atoms with Gasteiger partial charge in [-0.1, -0.05) is 25.4 Å². The lowest BCUT2D eigenvalue weighted by atomic mass is 9.97. The molecular weight excluding hydrogens is 250 g/mol. The summed E-state index contributed by atoms with van der Waals surface area (Å²) in [5, 5.41) is 0.774. The summed E-state index contributed by atoms with van der Waals surface area (Å²) in [6.07, 6.45) is 1.68. The van der Waals surface area contributed by atoms with Crippen molar-refractivity contribution in [3.05, 3.63) is 22.2 Å². The minimum Gasteiger partial charge on any atom is -0.493 e. The van der Waals surface area contributed by atoms with Crippen molar-refractivity contribution in [2.24, 2.45) is 5.73 Å². The van der Waals surface area contributed by atoms with Crippen molar-refractivity contribution >= 4 is 11.6 Å².